The second kappa shape index (κ2) is 5.27. The van der Waals surface area contributed by atoms with E-state index < -0.39 is 0 Å². The molecular formula is C10H17N3S2. The zero-order valence-corrected chi connectivity index (χ0v) is 10.8. The lowest BCUT2D eigenvalue weighted by molar-refractivity contribution is 0.584. The van der Waals surface area contributed by atoms with Gasteiger partial charge in [0, 0.05) is 12.6 Å². The molecule has 1 N–H and O–H groups in total. The molecule has 84 valence electrons. The summed E-state index contributed by atoms with van der Waals surface area (Å²) in [6.45, 7) is 5.15. The molecule has 15 heavy (non-hydrogen) atoms. The highest BCUT2D eigenvalue weighted by Crippen LogP contribution is 2.40. The number of aromatic nitrogens is 2. The van der Waals surface area contributed by atoms with Crippen LogP contribution in [0.4, 0.5) is 0 Å². The van der Waals surface area contributed by atoms with Crippen molar-refractivity contribution < 1.29 is 0 Å². The lowest BCUT2D eigenvalue weighted by Gasteiger charge is -2.04. The summed E-state index contributed by atoms with van der Waals surface area (Å²) in [5, 5.41) is 14.8. The predicted octanol–water partition coefficient (Wildman–Crippen LogP) is 2.60. The maximum absolute atomic E-state index is 4.28. The average molecular weight is 243 g/mol. The Morgan fingerprint density at radius 1 is 1.47 bits per heavy atom. The summed E-state index contributed by atoms with van der Waals surface area (Å²) in [6.07, 6.45) is 2.60. The third kappa shape index (κ3) is 3.16. The van der Waals surface area contributed by atoms with Crippen LogP contribution in [0.15, 0.2) is 0 Å². The SMILES string of the molecule is CC(C)NCc1nnc(C2CCCS2)s1. The van der Waals surface area contributed by atoms with Gasteiger partial charge in [-0.05, 0) is 18.6 Å². The Balaban J connectivity index is 1.91. The number of thioether (sulfide) groups is 1. The predicted molar refractivity (Wildman–Crippen MR) is 66.3 cm³/mol. The van der Waals surface area contributed by atoms with Gasteiger partial charge in [-0.25, -0.2) is 0 Å². The number of hydrogen-bond donors (Lipinski definition) is 1. The largest absolute Gasteiger partial charge is 0.308 e. The van der Waals surface area contributed by atoms with Crippen LogP contribution in [0, 0.1) is 0 Å². The number of nitrogens with one attached hydrogen (secondary N) is 1. The van der Waals surface area contributed by atoms with Crippen LogP contribution in [0.25, 0.3) is 0 Å². The summed E-state index contributed by atoms with van der Waals surface area (Å²) in [4.78, 5) is 0. The van der Waals surface area contributed by atoms with Crippen LogP contribution in [-0.2, 0) is 6.54 Å². The summed E-state index contributed by atoms with van der Waals surface area (Å²) in [5.41, 5.74) is 0. The van der Waals surface area contributed by atoms with Gasteiger partial charge in [0.05, 0.1) is 5.25 Å². The third-order valence-electron chi connectivity index (χ3n) is 2.35. The fourth-order valence-electron chi connectivity index (χ4n) is 1.53. The Morgan fingerprint density at radius 2 is 2.33 bits per heavy atom. The molecule has 1 aliphatic rings. The van der Waals surface area contributed by atoms with Crippen molar-refractivity contribution in [1.29, 1.82) is 0 Å². The van der Waals surface area contributed by atoms with Crippen LogP contribution in [0.5, 0.6) is 0 Å². The van der Waals surface area contributed by atoms with Crippen molar-refractivity contribution in [2.45, 2.75) is 44.5 Å². The van der Waals surface area contributed by atoms with Gasteiger partial charge in [0.25, 0.3) is 0 Å². The molecule has 1 unspecified atom stereocenters. The van der Waals surface area contributed by atoms with Crippen LogP contribution in [-0.4, -0.2) is 22.0 Å². The summed E-state index contributed by atoms with van der Waals surface area (Å²) in [7, 11) is 0. The highest BCUT2D eigenvalue weighted by atomic mass is 32.2. The minimum atomic E-state index is 0.512. The van der Waals surface area contributed by atoms with Gasteiger partial charge < -0.3 is 5.32 Å². The molecule has 2 rings (SSSR count). The van der Waals surface area contributed by atoms with E-state index in [-0.39, 0.29) is 0 Å². The van der Waals surface area contributed by atoms with Gasteiger partial charge in [0.2, 0.25) is 0 Å². The summed E-state index contributed by atoms with van der Waals surface area (Å²) in [6, 6.07) is 0.512. The van der Waals surface area contributed by atoms with Gasteiger partial charge in [-0.15, -0.1) is 10.2 Å². The van der Waals surface area contributed by atoms with E-state index in [4.69, 9.17) is 0 Å². The summed E-state index contributed by atoms with van der Waals surface area (Å²) in [5.74, 6) is 1.28. The molecule has 1 aromatic rings. The first-order chi connectivity index (χ1) is 7.25. The monoisotopic (exact) mass is 243 g/mol. The Morgan fingerprint density at radius 3 is 3.00 bits per heavy atom. The molecule has 0 spiro atoms. The molecular weight excluding hydrogens is 226 g/mol. The van der Waals surface area contributed by atoms with Crippen LogP contribution >= 0.6 is 23.1 Å². The maximum atomic E-state index is 4.28. The highest BCUT2D eigenvalue weighted by molar-refractivity contribution is 7.99. The minimum Gasteiger partial charge on any atom is -0.308 e. The lowest BCUT2D eigenvalue weighted by Crippen LogP contribution is -2.21. The normalized spacial score (nSPS) is 21.4. The van der Waals surface area contributed by atoms with Gasteiger partial charge in [-0.1, -0.05) is 25.2 Å². The molecule has 0 bridgehead atoms. The van der Waals surface area contributed by atoms with E-state index in [0.717, 1.165) is 11.6 Å². The Hall–Kier alpha value is -0.130. The van der Waals surface area contributed by atoms with Gasteiger partial charge in [-0.2, -0.15) is 11.8 Å². The maximum Gasteiger partial charge on any atom is 0.131 e. The molecule has 2 heterocycles. The van der Waals surface area contributed by atoms with Crippen molar-refractivity contribution in [3.63, 3.8) is 0 Å². The molecule has 1 aliphatic heterocycles. The second-order valence-corrected chi connectivity index (χ2v) is 6.48. The van der Waals surface area contributed by atoms with Crippen LogP contribution in [0.2, 0.25) is 0 Å². The number of rotatable bonds is 4. The molecule has 0 radical (unpaired) electrons. The van der Waals surface area contributed by atoms with Crippen molar-refractivity contribution in [2.75, 3.05) is 5.75 Å². The minimum absolute atomic E-state index is 0.512. The van der Waals surface area contributed by atoms with Crippen LogP contribution < -0.4 is 5.32 Å². The first-order valence-electron chi connectivity index (χ1n) is 5.43. The molecule has 0 aromatic carbocycles. The molecule has 1 fully saturated rings. The average Bonchev–Trinajstić information content (AvgIpc) is 2.85. The van der Waals surface area contributed by atoms with Gasteiger partial charge in [0.15, 0.2) is 0 Å². The molecule has 1 atom stereocenters. The smallest absolute Gasteiger partial charge is 0.131 e. The molecule has 0 aliphatic carbocycles. The third-order valence-corrected chi connectivity index (χ3v) is 4.92. The first-order valence-corrected chi connectivity index (χ1v) is 7.29. The quantitative estimate of drug-likeness (QED) is 0.882. The van der Waals surface area contributed by atoms with Crippen molar-refractivity contribution >= 4 is 23.1 Å². The zero-order chi connectivity index (χ0) is 10.7. The fourth-order valence-corrected chi connectivity index (χ4v) is 3.83. The Kier molecular flexibility index (Phi) is 3.99. The molecule has 5 heteroatoms. The van der Waals surface area contributed by atoms with Crippen molar-refractivity contribution in [2.24, 2.45) is 0 Å². The van der Waals surface area contributed by atoms with E-state index in [0.29, 0.717) is 11.3 Å². The summed E-state index contributed by atoms with van der Waals surface area (Å²) < 4.78 is 0. The van der Waals surface area contributed by atoms with Gasteiger partial charge >= 0.3 is 0 Å². The zero-order valence-electron chi connectivity index (χ0n) is 9.19. The molecule has 0 saturated carbocycles. The van der Waals surface area contributed by atoms with Crippen molar-refractivity contribution in [3.05, 3.63) is 10.0 Å². The van der Waals surface area contributed by atoms with Crippen LogP contribution in [0.3, 0.4) is 0 Å². The topological polar surface area (TPSA) is 37.8 Å². The van der Waals surface area contributed by atoms with E-state index in [1.165, 1.54) is 23.6 Å². The molecule has 3 nitrogen and oxygen atoms in total. The molecule has 1 aromatic heterocycles. The Bertz CT molecular complexity index is 305. The molecule has 0 amide bonds. The van der Waals surface area contributed by atoms with Crippen molar-refractivity contribution in [3.8, 4) is 0 Å². The summed E-state index contributed by atoms with van der Waals surface area (Å²) >= 11 is 3.79. The van der Waals surface area contributed by atoms with Crippen molar-refractivity contribution in [1.82, 2.24) is 15.5 Å². The van der Waals surface area contributed by atoms with Gasteiger partial charge in [0.1, 0.15) is 10.0 Å². The van der Waals surface area contributed by atoms with E-state index in [1.807, 2.05) is 11.8 Å². The molecule has 1 saturated heterocycles. The second-order valence-electron chi connectivity index (χ2n) is 4.07. The van der Waals surface area contributed by atoms with E-state index >= 15 is 0 Å². The fraction of sp³-hybridized carbons (Fsp3) is 0.800. The van der Waals surface area contributed by atoms with Gasteiger partial charge in [-0.3, -0.25) is 0 Å². The first kappa shape index (κ1) is 11.4. The highest BCUT2D eigenvalue weighted by Gasteiger charge is 2.21. The van der Waals surface area contributed by atoms with Crippen LogP contribution in [0.1, 0.15) is 42.0 Å². The standard InChI is InChI=1S/C10H17N3S2/c1-7(2)11-6-9-12-13-10(15-9)8-4-3-5-14-8/h7-8,11H,3-6H2,1-2H3. The number of hydrogen-bond acceptors (Lipinski definition) is 5. The van der Waals surface area contributed by atoms with E-state index in [9.17, 15) is 0 Å². The Labute approximate surface area is 99.1 Å². The lowest BCUT2D eigenvalue weighted by atomic mass is 10.3. The number of nitrogens with zero attached hydrogens (tertiary/aromatic N) is 2. The van der Waals surface area contributed by atoms with E-state index in [2.05, 4.69) is 29.4 Å². The van der Waals surface area contributed by atoms with E-state index in [1.54, 1.807) is 11.3 Å².